The minimum Gasteiger partial charge on any atom is -0.398 e. The first-order chi connectivity index (χ1) is 18.3. The molecule has 0 bridgehead atoms. The normalized spacial score (nSPS) is 12.0. The Morgan fingerprint density at radius 3 is 2.71 bits per heavy atom. The van der Waals surface area contributed by atoms with E-state index in [1.165, 1.54) is 24.4 Å². The molecule has 2 heterocycles. The first-order valence-electron chi connectivity index (χ1n) is 11.3. The van der Waals surface area contributed by atoms with Crippen LogP contribution in [-0.4, -0.2) is 22.0 Å². The maximum Gasteiger partial charge on any atom is 0.171 e. The Morgan fingerprint density at radius 1 is 1.18 bits per heavy atom. The zero-order valence-electron chi connectivity index (χ0n) is 19.9. The molecule has 0 saturated heterocycles. The molecule has 10 heteroatoms. The molecule has 0 unspecified atom stereocenters. The lowest BCUT2D eigenvalue weighted by atomic mass is 9.98. The third-order valence-electron chi connectivity index (χ3n) is 5.55. The van der Waals surface area contributed by atoms with Crippen LogP contribution in [0.3, 0.4) is 0 Å². The molecular weight excluding hydrogens is 511 g/mol. The highest BCUT2D eigenvalue weighted by Gasteiger charge is 2.16. The Kier molecular flexibility index (Phi) is 8.12. The van der Waals surface area contributed by atoms with Crippen molar-refractivity contribution in [3.05, 3.63) is 114 Å². The summed E-state index contributed by atoms with van der Waals surface area (Å²) in [7, 11) is 0. The molecule has 0 atom stereocenters. The average Bonchev–Trinajstić information content (AvgIpc) is 3.32. The second-order valence-electron chi connectivity index (χ2n) is 8.14. The number of carbonyl (C=O) groups is 1. The van der Waals surface area contributed by atoms with Crippen LogP contribution in [0.25, 0.3) is 22.2 Å². The van der Waals surface area contributed by atoms with Crippen molar-refractivity contribution in [3.8, 4) is 11.1 Å². The van der Waals surface area contributed by atoms with Gasteiger partial charge in [0, 0.05) is 51.3 Å². The fraction of sp³-hybridized carbons (Fsp3) is 0.0357. The number of rotatable bonds is 10. The highest BCUT2D eigenvalue weighted by molar-refractivity contribution is 7.97. The van der Waals surface area contributed by atoms with E-state index in [0.717, 1.165) is 30.3 Å². The van der Waals surface area contributed by atoms with Crippen molar-refractivity contribution in [1.82, 2.24) is 14.7 Å². The number of nitrogen functional groups attached to an aromatic ring is 1. The summed E-state index contributed by atoms with van der Waals surface area (Å²) >= 11 is 0.928. The molecule has 192 valence electrons. The zero-order valence-corrected chi connectivity index (χ0v) is 20.7. The molecule has 0 radical (unpaired) electrons. The fourth-order valence-corrected chi connectivity index (χ4v) is 4.41. The maximum absolute atomic E-state index is 14.7. The third-order valence-corrected chi connectivity index (χ3v) is 6.37. The van der Waals surface area contributed by atoms with Crippen molar-refractivity contribution in [1.29, 1.82) is 5.41 Å². The predicted molar refractivity (Wildman–Crippen MR) is 146 cm³/mol. The fourth-order valence-electron chi connectivity index (χ4n) is 3.68. The van der Waals surface area contributed by atoms with E-state index < -0.39 is 29.7 Å². The van der Waals surface area contributed by atoms with Crippen molar-refractivity contribution >= 4 is 40.7 Å². The van der Waals surface area contributed by atoms with Crippen molar-refractivity contribution in [3.63, 3.8) is 0 Å². The molecule has 0 aliphatic carbocycles. The second kappa shape index (κ2) is 11.7. The van der Waals surface area contributed by atoms with E-state index in [1.807, 2.05) is 0 Å². The summed E-state index contributed by atoms with van der Waals surface area (Å²) in [6, 6.07) is 12.6. The van der Waals surface area contributed by atoms with Gasteiger partial charge in [0.25, 0.3) is 0 Å². The molecule has 38 heavy (non-hydrogen) atoms. The van der Waals surface area contributed by atoms with Gasteiger partial charge in [-0.1, -0.05) is 24.8 Å². The molecule has 0 fully saturated rings. The number of pyridine rings is 1. The number of aromatic amines is 1. The van der Waals surface area contributed by atoms with Crippen LogP contribution in [0.1, 0.15) is 22.3 Å². The monoisotopic (exact) mass is 533 g/mol. The van der Waals surface area contributed by atoms with E-state index >= 15 is 0 Å². The van der Waals surface area contributed by atoms with Crippen molar-refractivity contribution < 1.29 is 18.0 Å². The van der Waals surface area contributed by atoms with Crippen LogP contribution in [0, 0.1) is 11.2 Å². The van der Waals surface area contributed by atoms with Gasteiger partial charge < -0.3 is 20.8 Å². The number of fused-ring (bicyclic) bond motifs is 1. The van der Waals surface area contributed by atoms with Crippen LogP contribution >= 0.6 is 11.9 Å². The van der Waals surface area contributed by atoms with Gasteiger partial charge in [0.1, 0.15) is 23.1 Å². The van der Waals surface area contributed by atoms with E-state index in [2.05, 4.69) is 21.3 Å². The number of ketones is 1. The summed E-state index contributed by atoms with van der Waals surface area (Å²) in [5.74, 6) is -2.62. The standard InChI is InChI=1S/C28H22F3N5OS/c1-16(29)26(36-38-20-5-2-4-18(30)11-20)9-8-19(31)12-27(37)24-15-35-28-22(24)10-17(14-34-28)21-6-3-7-25(33)23(21)13-32/h2-11,13-15,32,36H,1,12,33H2,(H,34,35)/b19-8+,26-9+,32-13?. The zero-order chi connectivity index (χ0) is 27.2. The first kappa shape index (κ1) is 26.5. The largest absolute Gasteiger partial charge is 0.398 e. The summed E-state index contributed by atoms with van der Waals surface area (Å²) in [6.45, 7) is 3.21. The van der Waals surface area contributed by atoms with Crippen LogP contribution in [0.4, 0.5) is 18.9 Å². The molecular formula is C28H22F3N5OS. The molecule has 4 aromatic rings. The van der Waals surface area contributed by atoms with Gasteiger partial charge in [0.05, 0.1) is 12.1 Å². The van der Waals surface area contributed by atoms with E-state index in [9.17, 15) is 18.0 Å². The highest BCUT2D eigenvalue weighted by atomic mass is 32.2. The number of hydrogen-bond acceptors (Lipinski definition) is 6. The first-order valence-corrected chi connectivity index (χ1v) is 12.1. The minimum absolute atomic E-state index is 0.132. The smallest absolute Gasteiger partial charge is 0.171 e. The number of nitrogens with two attached hydrogens (primary N) is 1. The van der Waals surface area contributed by atoms with Crippen molar-refractivity contribution in [2.75, 3.05) is 5.73 Å². The number of nitrogens with one attached hydrogen (secondary N) is 3. The number of aromatic nitrogens is 2. The van der Waals surface area contributed by atoms with Crippen LogP contribution in [0.2, 0.25) is 0 Å². The van der Waals surface area contributed by atoms with Gasteiger partial charge >= 0.3 is 0 Å². The summed E-state index contributed by atoms with van der Waals surface area (Å²) in [6.07, 6.45) is 5.72. The highest BCUT2D eigenvalue weighted by Crippen LogP contribution is 2.30. The van der Waals surface area contributed by atoms with Gasteiger partial charge in [-0.15, -0.1) is 0 Å². The number of anilines is 1. The lowest BCUT2D eigenvalue weighted by molar-refractivity contribution is 0.0988. The molecule has 0 amide bonds. The number of H-pyrrole nitrogens is 1. The number of halogens is 3. The average molecular weight is 534 g/mol. The Morgan fingerprint density at radius 2 is 1.97 bits per heavy atom. The lowest BCUT2D eigenvalue weighted by Crippen LogP contribution is -2.03. The second-order valence-corrected chi connectivity index (χ2v) is 9.02. The topological polar surface area (TPSA) is 108 Å². The number of allylic oxidation sites excluding steroid dienone is 4. The Bertz CT molecular complexity index is 1610. The van der Waals surface area contributed by atoms with Gasteiger partial charge in [0.2, 0.25) is 0 Å². The van der Waals surface area contributed by atoms with Crippen molar-refractivity contribution in [2.45, 2.75) is 11.3 Å². The van der Waals surface area contributed by atoms with Gasteiger partial charge in [-0.05, 0) is 60.0 Å². The molecule has 0 spiro atoms. The minimum atomic E-state index is -0.856. The van der Waals surface area contributed by atoms with E-state index in [1.54, 1.807) is 36.5 Å². The molecule has 0 saturated carbocycles. The van der Waals surface area contributed by atoms with Crippen LogP contribution in [0.15, 0.2) is 102 Å². The Labute approximate surface area is 220 Å². The van der Waals surface area contributed by atoms with Crippen LogP contribution < -0.4 is 10.5 Å². The van der Waals surface area contributed by atoms with Gasteiger partial charge in [0.15, 0.2) is 5.78 Å². The summed E-state index contributed by atoms with van der Waals surface area (Å²) in [5, 5.41) is 8.17. The quantitative estimate of drug-likeness (QED) is 0.0575. The Balaban J connectivity index is 1.53. The maximum atomic E-state index is 14.7. The van der Waals surface area contributed by atoms with Gasteiger partial charge in [-0.3, -0.25) is 4.79 Å². The van der Waals surface area contributed by atoms with Crippen LogP contribution in [0.5, 0.6) is 0 Å². The van der Waals surface area contributed by atoms with E-state index in [4.69, 9.17) is 11.1 Å². The molecule has 5 N–H and O–H groups in total. The molecule has 2 aromatic heterocycles. The van der Waals surface area contributed by atoms with E-state index in [0.29, 0.717) is 38.3 Å². The molecule has 0 aliphatic rings. The lowest BCUT2D eigenvalue weighted by Gasteiger charge is -2.08. The summed E-state index contributed by atoms with van der Waals surface area (Å²) in [4.78, 5) is 20.7. The van der Waals surface area contributed by atoms with E-state index in [-0.39, 0.29) is 11.3 Å². The predicted octanol–water partition coefficient (Wildman–Crippen LogP) is 7.04. The van der Waals surface area contributed by atoms with Gasteiger partial charge in [-0.25, -0.2) is 18.2 Å². The number of benzene rings is 2. The number of Topliss-reactive ketones (excluding diaryl/α,β-unsaturated/α-hetero) is 1. The van der Waals surface area contributed by atoms with Crippen molar-refractivity contribution in [2.24, 2.45) is 0 Å². The third kappa shape index (κ3) is 6.04. The molecule has 6 nitrogen and oxygen atoms in total. The summed E-state index contributed by atoms with van der Waals surface area (Å²) in [5.41, 5.74) is 8.80. The number of nitrogens with zero attached hydrogens (tertiary/aromatic N) is 1. The Hall–Kier alpha value is -4.57. The number of carbonyl (C=O) groups excluding carboxylic acids is 1. The van der Waals surface area contributed by atoms with Gasteiger partial charge in [-0.2, -0.15) is 0 Å². The molecule has 4 rings (SSSR count). The number of hydrogen-bond donors (Lipinski definition) is 4. The molecule has 0 aliphatic heterocycles. The summed E-state index contributed by atoms with van der Waals surface area (Å²) < 4.78 is 44.5. The SMILES string of the molecule is C=C(F)/C(=C\C=C(\F)CC(=O)c1c[nH]c2ncc(-c3cccc(N)c3C=N)cc12)NSc1cccc(F)c1. The molecule has 2 aromatic carbocycles. The van der Waals surface area contributed by atoms with Crippen LogP contribution in [-0.2, 0) is 0 Å².